The molecule has 120 valence electrons. The van der Waals surface area contributed by atoms with Gasteiger partial charge in [-0.05, 0) is 62.3 Å². The minimum absolute atomic E-state index is 0.0679. The van der Waals surface area contributed by atoms with E-state index in [-0.39, 0.29) is 17.9 Å². The number of carboxylic acids is 1. The number of aromatic carboxylic acids is 1. The van der Waals surface area contributed by atoms with Crippen LogP contribution in [0, 0.1) is 11.8 Å². The summed E-state index contributed by atoms with van der Waals surface area (Å²) in [4.78, 5) is 26.6. The number of carbonyl (C=O) groups excluding carboxylic acids is 1. The van der Waals surface area contributed by atoms with Crippen LogP contribution in [0.15, 0.2) is 11.4 Å². The molecule has 0 aliphatic heterocycles. The molecule has 2 aliphatic carbocycles. The second-order valence-corrected chi connectivity index (χ2v) is 7.61. The molecule has 1 N–H and O–H groups in total. The van der Waals surface area contributed by atoms with Gasteiger partial charge in [0.2, 0.25) is 5.91 Å². The predicted octanol–water partition coefficient (Wildman–Crippen LogP) is 4.16. The lowest BCUT2D eigenvalue weighted by Gasteiger charge is -2.40. The zero-order valence-corrected chi connectivity index (χ0v) is 13.8. The number of hydrogen-bond donors (Lipinski definition) is 1. The second-order valence-electron chi connectivity index (χ2n) is 6.69. The highest BCUT2D eigenvalue weighted by Gasteiger charge is 2.37. The van der Waals surface area contributed by atoms with E-state index in [1.54, 1.807) is 11.4 Å². The molecule has 1 heterocycles. The van der Waals surface area contributed by atoms with Crippen LogP contribution >= 0.6 is 11.3 Å². The van der Waals surface area contributed by atoms with E-state index in [1.165, 1.54) is 11.3 Å². The van der Waals surface area contributed by atoms with Gasteiger partial charge in [0.15, 0.2) is 0 Å². The Morgan fingerprint density at radius 1 is 1.18 bits per heavy atom. The normalized spacial score (nSPS) is 25.5. The molecule has 0 atom stereocenters. The first kappa shape index (κ1) is 15.5. The molecule has 3 rings (SSSR count). The molecule has 1 aromatic rings. The Hall–Kier alpha value is -1.36. The highest BCUT2D eigenvalue weighted by molar-refractivity contribution is 7.12. The van der Waals surface area contributed by atoms with Crippen LogP contribution in [0.2, 0.25) is 0 Å². The highest BCUT2D eigenvalue weighted by Crippen LogP contribution is 2.38. The molecule has 22 heavy (non-hydrogen) atoms. The highest BCUT2D eigenvalue weighted by atomic mass is 32.1. The topological polar surface area (TPSA) is 57.6 Å². The van der Waals surface area contributed by atoms with Crippen LogP contribution in [0.4, 0.5) is 5.69 Å². The summed E-state index contributed by atoms with van der Waals surface area (Å²) in [6, 6.07) is 2.00. The number of carbonyl (C=O) groups is 2. The molecule has 4 nitrogen and oxygen atoms in total. The van der Waals surface area contributed by atoms with Crippen LogP contribution in [-0.2, 0) is 4.79 Å². The Balaban J connectivity index is 1.85. The van der Waals surface area contributed by atoms with Crippen LogP contribution < -0.4 is 4.90 Å². The molecule has 2 aliphatic rings. The molecule has 2 saturated carbocycles. The zero-order chi connectivity index (χ0) is 15.7. The van der Waals surface area contributed by atoms with Crippen LogP contribution in [0.25, 0.3) is 0 Å². The molecule has 0 radical (unpaired) electrons. The first-order chi connectivity index (χ1) is 10.6. The van der Waals surface area contributed by atoms with Gasteiger partial charge in [0.05, 0.1) is 5.69 Å². The zero-order valence-electron chi connectivity index (χ0n) is 13.0. The maximum absolute atomic E-state index is 13.1. The van der Waals surface area contributed by atoms with Gasteiger partial charge in [0.1, 0.15) is 4.88 Å². The Morgan fingerprint density at radius 2 is 1.86 bits per heavy atom. The summed E-state index contributed by atoms with van der Waals surface area (Å²) >= 11 is 1.21. The van der Waals surface area contributed by atoms with Crippen molar-refractivity contribution in [1.29, 1.82) is 0 Å². The smallest absolute Gasteiger partial charge is 0.348 e. The third-order valence-corrected chi connectivity index (χ3v) is 6.03. The molecular formula is C17H23NO3S. The first-order valence-electron chi connectivity index (χ1n) is 8.21. The van der Waals surface area contributed by atoms with Crippen molar-refractivity contribution in [3.8, 4) is 0 Å². The number of anilines is 1. The van der Waals surface area contributed by atoms with E-state index in [0.29, 0.717) is 16.5 Å². The number of thiophene rings is 1. The Kier molecular flexibility index (Phi) is 4.52. The van der Waals surface area contributed by atoms with Crippen LogP contribution in [0.1, 0.15) is 61.5 Å². The lowest BCUT2D eigenvalue weighted by atomic mass is 9.81. The Bertz CT molecular complexity index is 556. The summed E-state index contributed by atoms with van der Waals surface area (Å²) in [6.07, 6.45) is 7.19. The number of carboxylic acid groups (broad SMARTS) is 1. The van der Waals surface area contributed by atoms with E-state index >= 15 is 0 Å². The SMILES string of the molecule is C[C@H]1CC[C@H](C(=O)N(c2ccsc2C(=O)O)C2CCC2)CC1. The fourth-order valence-corrected chi connectivity index (χ4v) is 4.22. The largest absolute Gasteiger partial charge is 0.477 e. The fraction of sp³-hybridized carbons (Fsp3) is 0.647. The van der Waals surface area contributed by atoms with Crippen molar-refractivity contribution in [2.24, 2.45) is 11.8 Å². The van der Waals surface area contributed by atoms with Gasteiger partial charge in [-0.15, -0.1) is 11.3 Å². The molecule has 2 fully saturated rings. The number of hydrogen-bond acceptors (Lipinski definition) is 3. The molecule has 0 aromatic carbocycles. The predicted molar refractivity (Wildman–Crippen MR) is 87.5 cm³/mol. The summed E-state index contributed by atoms with van der Waals surface area (Å²) in [5, 5.41) is 11.2. The van der Waals surface area contributed by atoms with Gasteiger partial charge in [0, 0.05) is 12.0 Å². The number of nitrogens with zero attached hydrogens (tertiary/aromatic N) is 1. The lowest BCUT2D eigenvalue weighted by Crippen LogP contribution is -2.48. The van der Waals surface area contributed by atoms with E-state index in [2.05, 4.69) is 6.92 Å². The summed E-state index contributed by atoms with van der Waals surface area (Å²) in [7, 11) is 0. The van der Waals surface area contributed by atoms with Gasteiger partial charge in [-0.25, -0.2) is 4.79 Å². The van der Waals surface area contributed by atoms with Crippen molar-refractivity contribution in [2.45, 2.75) is 57.9 Å². The van der Waals surface area contributed by atoms with Gasteiger partial charge < -0.3 is 10.0 Å². The fourth-order valence-electron chi connectivity index (χ4n) is 3.50. The van der Waals surface area contributed by atoms with E-state index in [9.17, 15) is 14.7 Å². The van der Waals surface area contributed by atoms with E-state index in [1.807, 2.05) is 4.90 Å². The van der Waals surface area contributed by atoms with Crippen molar-refractivity contribution in [1.82, 2.24) is 0 Å². The standard InChI is InChI=1S/C17H23NO3S/c1-11-5-7-12(8-6-11)16(19)18(13-3-2-4-13)14-9-10-22-15(14)17(20)21/h9-13H,2-8H2,1H3,(H,20,21)/t11-,12-. The lowest BCUT2D eigenvalue weighted by molar-refractivity contribution is -0.124. The van der Waals surface area contributed by atoms with E-state index < -0.39 is 5.97 Å². The van der Waals surface area contributed by atoms with Gasteiger partial charge in [-0.1, -0.05) is 6.92 Å². The van der Waals surface area contributed by atoms with Crippen molar-refractivity contribution < 1.29 is 14.7 Å². The molecule has 0 bridgehead atoms. The monoisotopic (exact) mass is 321 g/mol. The summed E-state index contributed by atoms with van der Waals surface area (Å²) in [5.74, 6) is -0.00725. The average molecular weight is 321 g/mol. The molecule has 5 heteroatoms. The van der Waals surface area contributed by atoms with Crippen molar-refractivity contribution in [3.05, 3.63) is 16.3 Å². The van der Waals surface area contributed by atoms with Gasteiger partial charge in [-0.2, -0.15) is 0 Å². The quantitative estimate of drug-likeness (QED) is 0.906. The number of amides is 1. The second kappa shape index (κ2) is 6.41. The maximum Gasteiger partial charge on any atom is 0.348 e. The minimum Gasteiger partial charge on any atom is -0.477 e. The summed E-state index contributed by atoms with van der Waals surface area (Å²) in [6.45, 7) is 2.24. The molecule has 0 spiro atoms. The molecule has 0 unspecified atom stereocenters. The Labute approximate surface area is 135 Å². The van der Waals surface area contributed by atoms with Crippen LogP contribution in [0.5, 0.6) is 0 Å². The van der Waals surface area contributed by atoms with E-state index in [4.69, 9.17) is 0 Å². The molecule has 0 saturated heterocycles. The Morgan fingerprint density at radius 3 is 2.41 bits per heavy atom. The van der Waals surface area contributed by atoms with Crippen LogP contribution in [-0.4, -0.2) is 23.0 Å². The minimum atomic E-state index is -0.931. The van der Waals surface area contributed by atoms with Crippen molar-refractivity contribution >= 4 is 28.9 Å². The summed E-state index contributed by atoms with van der Waals surface area (Å²) in [5.41, 5.74) is 0.617. The molecular weight excluding hydrogens is 298 g/mol. The van der Waals surface area contributed by atoms with Gasteiger partial charge in [-0.3, -0.25) is 4.79 Å². The molecule has 1 amide bonds. The molecule has 1 aromatic heterocycles. The summed E-state index contributed by atoms with van der Waals surface area (Å²) < 4.78 is 0. The average Bonchev–Trinajstić information content (AvgIpc) is 2.92. The van der Waals surface area contributed by atoms with Crippen LogP contribution in [0.3, 0.4) is 0 Å². The van der Waals surface area contributed by atoms with E-state index in [0.717, 1.165) is 44.9 Å². The first-order valence-corrected chi connectivity index (χ1v) is 9.09. The third-order valence-electron chi connectivity index (χ3n) is 5.14. The van der Waals surface area contributed by atoms with Gasteiger partial charge >= 0.3 is 5.97 Å². The number of rotatable bonds is 4. The van der Waals surface area contributed by atoms with Gasteiger partial charge in [0.25, 0.3) is 0 Å². The van der Waals surface area contributed by atoms with Crippen molar-refractivity contribution in [2.75, 3.05) is 4.90 Å². The van der Waals surface area contributed by atoms with Crippen molar-refractivity contribution in [3.63, 3.8) is 0 Å². The third kappa shape index (κ3) is 2.91. The maximum atomic E-state index is 13.1.